The van der Waals surface area contributed by atoms with Gasteiger partial charge in [-0.3, -0.25) is 14.3 Å². The largest absolute Gasteiger partial charge is 0.394 e. The molecule has 0 aromatic carbocycles. The number of nitrogens with two attached hydrogens (primary N) is 1. The second kappa shape index (κ2) is 6.39. The Balaban J connectivity index is 2.39. The SMILES string of the molecule is Nc1nc2c(ncn2[C@]2(P(O)O)O[C@H](CO)[C@@H](O)[C@]2(O)P(O)O)c(=O)[nH]1. The molecule has 10 N–H and O–H groups in total. The third-order valence-electron chi connectivity index (χ3n) is 4.07. The number of H-pyrrole nitrogens is 1. The zero-order chi connectivity index (χ0) is 19.4. The molecule has 14 nitrogen and oxygen atoms in total. The number of nitrogens with zero attached hydrogens (tertiary/aromatic N) is 3. The minimum absolute atomic E-state index is 0.330. The highest BCUT2D eigenvalue weighted by Gasteiger charge is 2.74. The molecule has 0 radical (unpaired) electrons. The van der Waals surface area contributed by atoms with Gasteiger partial charge >= 0.3 is 0 Å². The van der Waals surface area contributed by atoms with Gasteiger partial charge in [-0.05, 0) is 0 Å². The molecule has 1 aliphatic heterocycles. The van der Waals surface area contributed by atoms with E-state index in [1.54, 1.807) is 0 Å². The number of hydrogen-bond acceptors (Lipinski definition) is 12. The van der Waals surface area contributed by atoms with Gasteiger partial charge in [-0.15, -0.1) is 0 Å². The molecule has 0 bridgehead atoms. The molecule has 3 heterocycles. The average molecular weight is 411 g/mol. The van der Waals surface area contributed by atoms with Gasteiger partial charge in [-0.2, -0.15) is 4.98 Å². The third kappa shape index (κ3) is 2.33. The molecule has 1 saturated heterocycles. The molecular weight excluding hydrogens is 396 g/mol. The Morgan fingerprint density at radius 2 is 2.00 bits per heavy atom. The summed E-state index contributed by atoms with van der Waals surface area (Å²) in [5.74, 6) is -0.379. The predicted octanol–water partition coefficient (Wildman–Crippen LogP) is -3.65. The number of fused-ring (bicyclic) bond motifs is 1. The van der Waals surface area contributed by atoms with Crippen LogP contribution < -0.4 is 11.3 Å². The number of nitrogens with one attached hydrogen (secondary N) is 1. The second-order valence-corrected chi connectivity index (χ2v) is 7.88. The molecule has 1 fully saturated rings. The molecule has 144 valence electrons. The van der Waals surface area contributed by atoms with Gasteiger partial charge < -0.3 is 45.4 Å². The van der Waals surface area contributed by atoms with Gasteiger partial charge in [0.15, 0.2) is 11.2 Å². The van der Waals surface area contributed by atoms with E-state index >= 15 is 0 Å². The lowest BCUT2D eigenvalue weighted by atomic mass is 10.1. The topological polar surface area (TPSA) is 240 Å². The molecule has 26 heavy (non-hydrogen) atoms. The smallest absolute Gasteiger partial charge is 0.280 e. The van der Waals surface area contributed by atoms with E-state index in [2.05, 4.69) is 15.0 Å². The van der Waals surface area contributed by atoms with E-state index in [0.717, 1.165) is 6.33 Å². The summed E-state index contributed by atoms with van der Waals surface area (Å²) in [7, 11) is -6.90. The Hall–Kier alpha value is -1.31. The lowest BCUT2D eigenvalue weighted by molar-refractivity contribution is -0.110. The lowest BCUT2D eigenvalue weighted by Gasteiger charge is -2.42. The lowest BCUT2D eigenvalue weighted by Crippen LogP contribution is -2.55. The van der Waals surface area contributed by atoms with E-state index in [1.807, 2.05) is 0 Å². The van der Waals surface area contributed by atoms with Gasteiger partial charge in [0.25, 0.3) is 11.0 Å². The number of aromatic nitrogens is 4. The number of aliphatic hydroxyl groups excluding tert-OH is 2. The molecule has 4 atom stereocenters. The van der Waals surface area contributed by atoms with Crippen LogP contribution in [0.1, 0.15) is 0 Å². The summed E-state index contributed by atoms with van der Waals surface area (Å²) in [5.41, 5.74) is 1.14. The van der Waals surface area contributed by atoms with Gasteiger partial charge in [0.2, 0.25) is 28.0 Å². The number of rotatable bonds is 4. The molecule has 2 aromatic rings. The highest BCUT2D eigenvalue weighted by molar-refractivity contribution is 7.51. The fourth-order valence-corrected chi connectivity index (χ4v) is 5.23. The van der Waals surface area contributed by atoms with Crippen molar-refractivity contribution in [2.45, 2.75) is 23.0 Å². The van der Waals surface area contributed by atoms with Crippen molar-refractivity contribution in [3.63, 3.8) is 0 Å². The molecule has 0 spiro atoms. The molecule has 0 amide bonds. The molecular formula is C10H15N5O9P2. The summed E-state index contributed by atoms with van der Waals surface area (Å²) in [6, 6.07) is 0. The highest BCUT2D eigenvalue weighted by atomic mass is 31.2. The van der Waals surface area contributed by atoms with Crippen molar-refractivity contribution in [2.75, 3.05) is 12.3 Å². The summed E-state index contributed by atoms with van der Waals surface area (Å²) in [6.45, 7) is -0.902. The Bertz CT molecular complexity index is 889. The Labute approximate surface area is 146 Å². The van der Waals surface area contributed by atoms with Gasteiger partial charge in [0, 0.05) is 0 Å². The molecule has 0 unspecified atom stereocenters. The van der Waals surface area contributed by atoms with Crippen LogP contribution in [0.2, 0.25) is 0 Å². The van der Waals surface area contributed by atoms with Gasteiger partial charge in [-0.25, -0.2) is 4.98 Å². The normalized spacial score (nSPS) is 32.2. The molecule has 3 rings (SSSR count). The maximum Gasteiger partial charge on any atom is 0.280 e. The average Bonchev–Trinajstić information content (AvgIpc) is 3.07. The second-order valence-electron chi connectivity index (χ2n) is 5.43. The molecule has 16 heteroatoms. The van der Waals surface area contributed by atoms with Gasteiger partial charge in [0.05, 0.1) is 6.61 Å². The van der Waals surface area contributed by atoms with E-state index in [0.29, 0.717) is 4.57 Å². The number of nitrogen functional groups attached to an aromatic ring is 1. The van der Waals surface area contributed by atoms with E-state index < -0.39 is 51.9 Å². The van der Waals surface area contributed by atoms with Crippen molar-refractivity contribution in [1.82, 2.24) is 19.5 Å². The fraction of sp³-hybridized carbons (Fsp3) is 0.500. The van der Waals surface area contributed by atoms with Crippen molar-refractivity contribution < 1.29 is 39.6 Å². The number of aliphatic hydroxyl groups is 3. The first-order valence-corrected chi connectivity index (χ1v) is 9.39. The van der Waals surface area contributed by atoms with E-state index in [1.165, 1.54) is 0 Å². The monoisotopic (exact) mass is 411 g/mol. The number of anilines is 1. The van der Waals surface area contributed by atoms with Gasteiger partial charge in [0.1, 0.15) is 18.5 Å². The Kier molecular flexibility index (Phi) is 4.78. The summed E-state index contributed by atoms with van der Waals surface area (Å²) in [6.07, 6.45) is -2.93. The van der Waals surface area contributed by atoms with Crippen LogP contribution in [0, 0.1) is 0 Å². The van der Waals surface area contributed by atoms with Crippen molar-refractivity contribution >= 4 is 33.9 Å². The number of aromatic amines is 1. The van der Waals surface area contributed by atoms with Crippen molar-refractivity contribution in [1.29, 1.82) is 0 Å². The van der Waals surface area contributed by atoms with E-state index in [9.17, 15) is 39.7 Å². The first-order valence-electron chi connectivity index (χ1n) is 6.89. The van der Waals surface area contributed by atoms with E-state index in [4.69, 9.17) is 10.5 Å². The molecule has 0 saturated carbocycles. The zero-order valence-electron chi connectivity index (χ0n) is 12.7. The molecule has 0 aliphatic carbocycles. The van der Waals surface area contributed by atoms with Crippen molar-refractivity contribution in [2.24, 2.45) is 0 Å². The summed E-state index contributed by atoms with van der Waals surface area (Å²) in [4.78, 5) is 61.2. The van der Waals surface area contributed by atoms with Crippen LogP contribution in [-0.2, 0) is 10.2 Å². The first-order chi connectivity index (χ1) is 12.1. The van der Waals surface area contributed by atoms with Gasteiger partial charge in [-0.1, -0.05) is 0 Å². The van der Waals surface area contributed by atoms with Crippen LogP contribution in [0.4, 0.5) is 5.95 Å². The van der Waals surface area contributed by atoms with Crippen LogP contribution in [0.5, 0.6) is 0 Å². The molecule has 2 aromatic heterocycles. The fourth-order valence-electron chi connectivity index (χ4n) is 2.87. The minimum Gasteiger partial charge on any atom is -0.394 e. The van der Waals surface area contributed by atoms with Crippen LogP contribution in [-0.4, -0.2) is 78.6 Å². The number of ether oxygens (including phenoxy) is 1. The maximum atomic E-state index is 11.9. The summed E-state index contributed by atoms with van der Waals surface area (Å²) in [5, 5.41) is 27.3. The summed E-state index contributed by atoms with van der Waals surface area (Å²) < 4.78 is 5.95. The van der Waals surface area contributed by atoms with Crippen molar-refractivity contribution in [3.05, 3.63) is 16.7 Å². The maximum absolute atomic E-state index is 11.9. The Morgan fingerprint density at radius 3 is 2.54 bits per heavy atom. The first kappa shape index (κ1) is 19.5. The number of imidazole rings is 1. The quantitative estimate of drug-likeness (QED) is 0.221. The summed E-state index contributed by atoms with van der Waals surface area (Å²) >= 11 is 0. The highest BCUT2D eigenvalue weighted by Crippen LogP contribution is 2.68. The standard InChI is InChI=1S/C10H15N5O9P2/c11-8-13-6-4(7(18)14-8)12-2-15(6)10(26(22)23)9(19,25(20)21)5(17)3(1-16)24-10/h2-3,5,16-17,19-23H,1H2,(H3,11,13,14,18)/t3-,5-,9+,10+/m1/s1. The zero-order valence-corrected chi connectivity index (χ0v) is 14.5. The van der Waals surface area contributed by atoms with Crippen LogP contribution >= 0.6 is 16.8 Å². The third-order valence-corrected chi connectivity index (χ3v) is 6.63. The van der Waals surface area contributed by atoms with Crippen molar-refractivity contribution in [3.8, 4) is 0 Å². The van der Waals surface area contributed by atoms with Crippen LogP contribution in [0.3, 0.4) is 0 Å². The minimum atomic E-state index is -3.48. The molecule has 1 aliphatic rings. The van der Waals surface area contributed by atoms with E-state index in [-0.39, 0.29) is 17.1 Å². The van der Waals surface area contributed by atoms with Crippen LogP contribution in [0.15, 0.2) is 11.1 Å². The Morgan fingerprint density at radius 1 is 1.35 bits per heavy atom. The predicted molar refractivity (Wildman–Crippen MR) is 86.2 cm³/mol. The van der Waals surface area contributed by atoms with Crippen LogP contribution in [0.25, 0.3) is 11.2 Å². The number of hydrogen-bond donors (Lipinski definition) is 9.